The lowest BCUT2D eigenvalue weighted by atomic mass is 10.0. The molecule has 4 heteroatoms. The zero-order chi connectivity index (χ0) is 13.9. The molecule has 0 saturated carbocycles. The van der Waals surface area contributed by atoms with Crippen LogP contribution in [0, 0.1) is 11.6 Å². The molecular weight excluding hydrogens is 236 g/mol. The summed E-state index contributed by atoms with van der Waals surface area (Å²) in [6.07, 6.45) is 0.923. The minimum absolute atomic E-state index is 0.197. The molecule has 0 fully saturated rings. The van der Waals surface area contributed by atoms with Crippen molar-refractivity contribution in [2.24, 2.45) is 0 Å². The number of carbonyl (C=O) groups excluding carboxylic acids is 1. The maximum atomic E-state index is 13.1. The molecule has 2 unspecified atom stereocenters. The van der Waals surface area contributed by atoms with E-state index in [0.29, 0.717) is 0 Å². The van der Waals surface area contributed by atoms with Gasteiger partial charge in [-0.15, -0.1) is 0 Å². The highest BCUT2D eigenvalue weighted by atomic mass is 19.2. The molecule has 0 aliphatic rings. The van der Waals surface area contributed by atoms with Gasteiger partial charge in [0.1, 0.15) is 0 Å². The fourth-order valence-electron chi connectivity index (χ4n) is 1.75. The molecular formula is C14H19F2NO. The zero-order valence-corrected chi connectivity index (χ0v) is 11.2. The van der Waals surface area contributed by atoms with Gasteiger partial charge in [-0.1, -0.05) is 6.92 Å². The summed E-state index contributed by atoms with van der Waals surface area (Å²) >= 11 is 0. The van der Waals surface area contributed by atoms with Crippen molar-refractivity contribution in [3.63, 3.8) is 0 Å². The normalized spacial score (nSPS) is 14.6. The number of benzene rings is 1. The van der Waals surface area contributed by atoms with Crippen molar-refractivity contribution in [2.45, 2.75) is 39.3 Å². The van der Waals surface area contributed by atoms with E-state index in [1.54, 1.807) is 6.92 Å². The molecule has 0 heterocycles. The van der Waals surface area contributed by atoms with E-state index < -0.39 is 11.6 Å². The van der Waals surface area contributed by atoms with Gasteiger partial charge in [-0.3, -0.25) is 9.69 Å². The molecule has 0 aromatic heterocycles. The number of likely N-dealkylation sites (N-methyl/N-ethyl adjacent to an activating group) is 1. The number of hydrogen-bond acceptors (Lipinski definition) is 2. The molecule has 0 spiro atoms. The summed E-state index contributed by atoms with van der Waals surface area (Å²) in [5.41, 5.74) is 0.205. The highest BCUT2D eigenvalue weighted by Gasteiger charge is 2.23. The Bertz CT molecular complexity index is 434. The molecule has 0 aliphatic carbocycles. The first-order valence-electron chi connectivity index (χ1n) is 6.09. The van der Waals surface area contributed by atoms with Crippen LogP contribution in [0.1, 0.15) is 37.6 Å². The van der Waals surface area contributed by atoms with Crippen LogP contribution < -0.4 is 0 Å². The zero-order valence-electron chi connectivity index (χ0n) is 11.2. The highest BCUT2D eigenvalue weighted by Crippen LogP contribution is 2.14. The number of ketones is 1. The fourth-order valence-corrected chi connectivity index (χ4v) is 1.75. The molecule has 0 amide bonds. The first kappa shape index (κ1) is 14.8. The maximum Gasteiger partial charge on any atom is 0.179 e. The van der Waals surface area contributed by atoms with E-state index in [4.69, 9.17) is 0 Å². The summed E-state index contributed by atoms with van der Waals surface area (Å²) in [7, 11) is 1.86. The number of Topliss-reactive ketones (excluding diaryl/α,β-unsaturated/α-hetero) is 1. The van der Waals surface area contributed by atoms with E-state index in [1.165, 1.54) is 6.07 Å². The van der Waals surface area contributed by atoms with Crippen LogP contribution in [0.4, 0.5) is 8.78 Å². The van der Waals surface area contributed by atoms with Crippen LogP contribution in [-0.4, -0.2) is 29.8 Å². The van der Waals surface area contributed by atoms with Gasteiger partial charge in [-0.25, -0.2) is 8.78 Å². The summed E-state index contributed by atoms with van der Waals surface area (Å²) in [5, 5.41) is 0. The van der Waals surface area contributed by atoms with Crippen LogP contribution in [0.3, 0.4) is 0 Å². The summed E-state index contributed by atoms with van der Waals surface area (Å²) < 4.78 is 25.9. The second-order valence-corrected chi connectivity index (χ2v) is 4.59. The average Bonchev–Trinajstić information content (AvgIpc) is 2.38. The molecule has 0 radical (unpaired) electrons. The van der Waals surface area contributed by atoms with Gasteiger partial charge in [0.05, 0.1) is 6.04 Å². The van der Waals surface area contributed by atoms with Gasteiger partial charge in [0.2, 0.25) is 0 Å². The summed E-state index contributed by atoms with van der Waals surface area (Å²) in [6.45, 7) is 5.83. The molecule has 0 aliphatic heterocycles. The quantitative estimate of drug-likeness (QED) is 0.753. The Morgan fingerprint density at radius 3 is 2.39 bits per heavy atom. The molecule has 0 N–H and O–H groups in total. The second kappa shape index (κ2) is 6.05. The Morgan fingerprint density at radius 2 is 1.89 bits per heavy atom. The van der Waals surface area contributed by atoms with Crippen molar-refractivity contribution in [1.82, 2.24) is 4.90 Å². The molecule has 1 aromatic carbocycles. The predicted octanol–water partition coefficient (Wildman–Crippen LogP) is 3.27. The van der Waals surface area contributed by atoms with Gasteiger partial charge in [-0.2, -0.15) is 0 Å². The van der Waals surface area contributed by atoms with Crippen LogP contribution in [0.25, 0.3) is 0 Å². The van der Waals surface area contributed by atoms with Crippen LogP contribution in [0.2, 0.25) is 0 Å². The molecule has 100 valence electrons. The Labute approximate surface area is 107 Å². The summed E-state index contributed by atoms with van der Waals surface area (Å²) in [4.78, 5) is 14.1. The van der Waals surface area contributed by atoms with Crippen molar-refractivity contribution < 1.29 is 13.6 Å². The van der Waals surface area contributed by atoms with Crippen LogP contribution in [-0.2, 0) is 0 Å². The first-order valence-corrected chi connectivity index (χ1v) is 6.09. The second-order valence-electron chi connectivity index (χ2n) is 4.59. The molecule has 1 rings (SSSR count). The Balaban J connectivity index is 2.89. The number of nitrogens with zero attached hydrogens (tertiary/aromatic N) is 1. The molecule has 0 bridgehead atoms. The van der Waals surface area contributed by atoms with Crippen molar-refractivity contribution in [1.29, 1.82) is 0 Å². The van der Waals surface area contributed by atoms with Gasteiger partial charge in [0.15, 0.2) is 17.4 Å². The molecule has 2 atom stereocenters. The van der Waals surface area contributed by atoms with E-state index in [9.17, 15) is 13.6 Å². The highest BCUT2D eigenvalue weighted by molar-refractivity contribution is 5.99. The Kier molecular flexibility index (Phi) is 4.96. The largest absolute Gasteiger partial charge is 0.294 e. The molecule has 1 aromatic rings. The SMILES string of the molecule is CCC(C)N(C)C(C)C(=O)c1ccc(F)c(F)c1. The smallest absolute Gasteiger partial charge is 0.179 e. The van der Waals surface area contributed by atoms with Gasteiger partial charge >= 0.3 is 0 Å². The third-order valence-electron chi connectivity index (χ3n) is 3.48. The monoisotopic (exact) mass is 255 g/mol. The van der Waals surface area contributed by atoms with Crippen molar-refractivity contribution in [3.8, 4) is 0 Å². The average molecular weight is 255 g/mol. The number of halogens is 2. The molecule has 0 saturated heterocycles. The minimum atomic E-state index is -0.987. The van der Waals surface area contributed by atoms with Crippen LogP contribution >= 0.6 is 0 Å². The van der Waals surface area contributed by atoms with Crippen molar-refractivity contribution >= 4 is 5.78 Å². The summed E-state index contributed by atoms with van der Waals surface area (Å²) in [5.74, 6) is -2.12. The lowest BCUT2D eigenvalue weighted by Crippen LogP contribution is -2.41. The van der Waals surface area contributed by atoms with Crippen LogP contribution in [0.15, 0.2) is 18.2 Å². The van der Waals surface area contributed by atoms with E-state index in [2.05, 4.69) is 0 Å². The number of hydrogen-bond donors (Lipinski definition) is 0. The van der Waals surface area contributed by atoms with Gasteiger partial charge in [-0.05, 0) is 45.5 Å². The maximum absolute atomic E-state index is 13.1. The van der Waals surface area contributed by atoms with E-state index in [0.717, 1.165) is 18.6 Å². The molecule has 2 nitrogen and oxygen atoms in total. The fraction of sp³-hybridized carbons (Fsp3) is 0.500. The van der Waals surface area contributed by atoms with Crippen LogP contribution in [0.5, 0.6) is 0 Å². The summed E-state index contributed by atoms with van der Waals surface area (Å²) in [6, 6.07) is 3.16. The van der Waals surface area contributed by atoms with E-state index in [1.807, 2.05) is 25.8 Å². The van der Waals surface area contributed by atoms with Gasteiger partial charge < -0.3 is 0 Å². The Morgan fingerprint density at radius 1 is 1.28 bits per heavy atom. The third-order valence-corrected chi connectivity index (χ3v) is 3.48. The standard InChI is InChI=1S/C14H19F2NO/c1-5-9(2)17(4)10(3)14(18)11-6-7-12(15)13(16)8-11/h6-10H,5H2,1-4H3. The van der Waals surface area contributed by atoms with Crippen molar-refractivity contribution in [3.05, 3.63) is 35.4 Å². The van der Waals surface area contributed by atoms with Gasteiger partial charge in [0, 0.05) is 11.6 Å². The Hall–Kier alpha value is -1.29. The third kappa shape index (κ3) is 3.13. The topological polar surface area (TPSA) is 20.3 Å². The lowest BCUT2D eigenvalue weighted by Gasteiger charge is -2.29. The minimum Gasteiger partial charge on any atom is -0.294 e. The van der Waals surface area contributed by atoms with E-state index in [-0.39, 0.29) is 23.4 Å². The predicted molar refractivity (Wildman–Crippen MR) is 67.7 cm³/mol. The number of carbonyl (C=O) groups is 1. The van der Waals surface area contributed by atoms with Gasteiger partial charge in [0.25, 0.3) is 0 Å². The molecule has 18 heavy (non-hydrogen) atoms. The van der Waals surface area contributed by atoms with E-state index >= 15 is 0 Å². The number of rotatable bonds is 5. The lowest BCUT2D eigenvalue weighted by molar-refractivity contribution is 0.0823. The first-order chi connectivity index (χ1) is 8.38. The van der Waals surface area contributed by atoms with Crippen molar-refractivity contribution in [2.75, 3.05) is 7.05 Å².